The van der Waals surface area contributed by atoms with Crippen molar-refractivity contribution in [3.8, 4) is 11.8 Å². The van der Waals surface area contributed by atoms with Crippen LogP contribution in [0.4, 0.5) is 18.9 Å². The van der Waals surface area contributed by atoms with E-state index in [9.17, 15) is 13.2 Å². The van der Waals surface area contributed by atoms with Crippen LogP contribution in [-0.2, 0) is 6.18 Å². The number of methoxy groups -OCH3 is 2. The Morgan fingerprint density at radius 3 is 2.42 bits per heavy atom. The Kier molecular flexibility index (Phi) is 6.47. The van der Waals surface area contributed by atoms with Crippen LogP contribution in [-0.4, -0.2) is 61.3 Å². The lowest BCUT2D eigenvalue weighted by Gasteiger charge is -2.45. The molecule has 0 radical (unpaired) electrons. The van der Waals surface area contributed by atoms with E-state index < -0.39 is 11.7 Å². The predicted molar refractivity (Wildman–Crippen MR) is 112 cm³/mol. The number of piperidine rings is 1. The molecule has 2 fully saturated rings. The van der Waals surface area contributed by atoms with Crippen molar-refractivity contribution >= 4 is 17.4 Å². The van der Waals surface area contributed by atoms with Gasteiger partial charge in [0.1, 0.15) is 0 Å². The quantitative estimate of drug-likeness (QED) is 0.623. The van der Waals surface area contributed by atoms with Crippen molar-refractivity contribution in [2.45, 2.75) is 41.5 Å². The number of nitrogens with zero attached hydrogens (tertiary/aromatic N) is 4. The summed E-state index contributed by atoms with van der Waals surface area (Å²) in [5.74, 6) is 0.581. The molecule has 0 bridgehead atoms. The van der Waals surface area contributed by atoms with Gasteiger partial charge in [-0.1, -0.05) is 6.42 Å². The van der Waals surface area contributed by atoms with Gasteiger partial charge in [0.2, 0.25) is 11.8 Å². The van der Waals surface area contributed by atoms with E-state index in [1.54, 1.807) is 6.07 Å². The standard InChI is InChI=1S/C21H25F3N4O2S/c1-29-18-12-19(30-2)26-20(25-18)31-17-11-14(21(22,23)24)6-7-16(17)28-10-9-27-8-4-3-5-15(27)13-28/h6-7,11-12,15H,3-5,8-10,13H2,1-2H3. The molecule has 0 saturated carbocycles. The molecule has 0 spiro atoms. The number of aromatic nitrogens is 2. The molecule has 2 saturated heterocycles. The number of alkyl halides is 3. The van der Waals surface area contributed by atoms with E-state index in [1.807, 2.05) is 0 Å². The summed E-state index contributed by atoms with van der Waals surface area (Å²) in [6, 6.07) is 5.87. The van der Waals surface area contributed by atoms with E-state index in [0.717, 1.165) is 56.1 Å². The number of benzene rings is 1. The second-order valence-electron chi connectivity index (χ2n) is 7.65. The van der Waals surface area contributed by atoms with Crippen molar-refractivity contribution in [3.63, 3.8) is 0 Å². The summed E-state index contributed by atoms with van der Waals surface area (Å²) >= 11 is 1.09. The Morgan fingerprint density at radius 1 is 1.00 bits per heavy atom. The van der Waals surface area contributed by atoms with Crippen LogP contribution in [0.2, 0.25) is 0 Å². The van der Waals surface area contributed by atoms with Crippen molar-refractivity contribution in [2.24, 2.45) is 0 Å². The topological polar surface area (TPSA) is 50.7 Å². The Morgan fingerprint density at radius 2 is 1.74 bits per heavy atom. The average Bonchev–Trinajstić information content (AvgIpc) is 2.77. The highest BCUT2D eigenvalue weighted by molar-refractivity contribution is 7.99. The summed E-state index contributed by atoms with van der Waals surface area (Å²) in [4.78, 5) is 13.7. The summed E-state index contributed by atoms with van der Waals surface area (Å²) < 4.78 is 50.7. The van der Waals surface area contributed by atoms with Gasteiger partial charge in [-0.05, 0) is 49.3 Å². The zero-order chi connectivity index (χ0) is 22.0. The van der Waals surface area contributed by atoms with Crippen LogP contribution in [0.1, 0.15) is 24.8 Å². The van der Waals surface area contributed by atoms with E-state index in [-0.39, 0.29) is 5.16 Å². The minimum Gasteiger partial charge on any atom is -0.481 e. The number of piperazine rings is 1. The Balaban J connectivity index is 1.68. The molecule has 10 heteroatoms. The first kappa shape index (κ1) is 22.0. The zero-order valence-corrected chi connectivity index (χ0v) is 18.3. The number of fused-ring (bicyclic) bond motifs is 1. The smallest absolute Gasteiger partial charge is 0.416 e. The van der Waals surface area contributed by atoms with Crippen molar-refractivity contribution in [2.75, 3.05) is 45.3 Å². The van der Waals surface area contributed by atoms with Crippen LogP contribution in [0.25, 0.3) is 0 Å². The van der Waals surface area contributed by atoms with Crippen molar-refractivity contribution in [3.05, 3.63) is 29.8 Å². The van der Waals surface area contributed by atoms with Crippen LogP contribution in [0.5, 0.6) is 11.8 Å². The summed E-state index contributed by atoms with van der Waals surface area (Å²) in [5.41, 5.74) is 0.0820. The molecule has 2 aromatic rings. The monoisotopic (exact) mass is 454 g/mol. The van der Waals surface area contributed by atoms with Gasteiger partial charge in [-0.2, -0.15) is 23.1 Å². The van der Waals surface area contributed by atoms with Crippen LogP contribution in [0.15, 0.2) is 34.3 Å². The predicted octanol–water partition coefficient (Wildman–Crippen LogP) is 4.34. The number of rotatable bonds is 5. The Hall–Kier alpha value is -2.20. The molecule has 31 heavy (non-hydrogen) atoms. The van der Waals surface area contributed by atoms with Gasteiger partial charge in [0, 0.05) is 30.6 Å². The summed E-state index contributed by atoms with van der Waals surface area (Å²) in [5, 5.41) is 0.271. The molecular formula is C21H25F3N4O2S. The number of halogens is 3. The second-order valence-corrected chi connectivity index (χ2v) is 8.66. The van der Waals surface area contributed by atoms with Crippen molar-refractivity contribution in [1.82, 2.24) is 14.9 Å². The third kappa shape index (κ3) is 5.01. The first-order chi connectivity index (χ1) is 14.9. The van der Waals surface area contributed by atoms with E-state index in [0.29, 0.717) is 22.7 Å². The highest BCUT2D eigenvalue weighted by Gasteiger charge is 2.33. The minimum absolute atomic E-state index is 0.271. The number of anilines is 1. The van der Waals surface area contributed by atoms with Crippen LogP contribution in [0, 0.1) is 0 Å². The van der Waals surface area contributed by atoms with Gasteiger partial charge in [-0.3, -0.25) is 4.90 Å². The first-order valence-electron chi connectivity index (χ1n) is 10.2. The normalized spacial score (nSPS) is 19.8. The van der Waals surface area contributed by atoms with Gasteiger partial charge in [-0.15, -0.1) is 0 Å². The van der Waals surface area contributed by atoms with Gasteiger partial charge < -0.3 is 14.4 Å². The molecule has 1 atom stereocenters. The molecule has 0 amide bonds. The van der Waals surface area contributed by atoms with Gasteiger partial charge in [-0.25, -0.2) is 0 Å². The van der Waals surface area contributed by atoms with Crippen LogP contribution in [0.3, 0.4) is 0 Å². The largest absolute Gasteiger partial charge is 0.481 e. The molecule has 1 unspecified atom stereocenters. The lowest BCUT2D eigenvalue weighted by molar-refractivity contribution is -0.137. The first-order valence-corrected chi connectivity index (χ1v) is 11.0. The number of hydrogen-bond acceptors (Lipinski definition) is 7. The SMILES string of the molecule is COc1cc(OC)nc(Sc2cc(C(F)(F)F)ccc2N2CCN3CCCCC3C2)n1. The molecular weight excluding hydrogens is 429 g/mol. The number of ether oxygens (including phenoxy) is 2. The van der Waals surface area contributed by atoms with Crippen molar-refractivity contribution < 1.29 is 22.6 Å². The van der Waals surface area contributed by atoms with E-state index in [2.05, 4.69) is 19.8 Å². The maximum Gasteiger partial charge on any atom is 0.416 e. The molecule has 1 aromatic heterocycles. The summed E-state index contributed by atoms with van der Waals surface area (Å²) in [7, 11) is 2.94. The molecule has 0 aliphatic carbocycles. The zero-order valence-electron chi connectivity index (χ0n) is 17.5. The molecule has 2 aliphatic rings. The lowest BCUT2D eigenvalue weighted by atomic mass is 9.99. The molecule has 3 heterocycles. The molecule has 4 rings (SSSR count). The lowest BCUT2D eigenvalue weighted by Crippen LogP contribution is -2.55. The van der Waals surface area contributed by atoms with Gasteiger partial charge in [0.15, 0.2) is 5.16 Å². The second kappa shape index (κ2) is 9.12. The fourth-order valence-corrected chi connectivity index (χ4v) is 5.10. The maximum atomic E-state index is 13.4. The minimum atomic E-state index is -4.43. The molecule has 1 aromatic carbocycles. The van der Waals surface area contributed by atoms with Crippen LogP contribution < -0.4 is 14.4 Å². The van der Waals surface area contributed by atoms with Crippen LogP contribution >= 0.6 is 11.8 Å². The van der Waals surface area contributed by atoms with E-state index in [1.165, 1.54) is 39.2 Å². The highest BCUT2D eigenvalue weighted by Crippen LogP contribution is 2.40. The molecule has 168 valence electrons. The molecule has 2 aliphatic heterocycles. The fourth-order valence-electron chi connectivity index (χ4n) is 4.15. The van der Waals surface area contributed by atoms with Crippen molar-refractivity contribution in [1.29, 1.82) is 0 Å². The summed E-state index contributed by atoms with van der Waals surface area (Å²) in [6.45, 7) is 3.60. The van der Waals surface area contributed by atoms with E-state index in [4.69, 9.17) is 9.47 Å². The molecule has 6 nitrogen and oxygen atoms in total. The highest BCUT2D eigenvalue weighted by atomic mass is 32.2. The fraction of sp³-hybridized carbons (Fsp3) is 0.524. The van der Waals surface area contributed by atoms with Gasteiger partial charge >= 0.3 is 6.18 Å². The van der Waals surface area contributed by atoms with Gasteiger partial charge in [0.05, 0.1) is 31.5 Å². The Bertz CT molecular complexity index is 906. The average molecular weight is 455 g/mol. The summed E-state index contributed by atoms with van der Waals surface area (Å²) in [6.07, 6.45) is -0.896. The third-order valence-corrected chi connectivity index (χ3v) is 6.66. The third-order valence-electron chi connectivity index (χ3n) is 5.74. The molecule has 0 N–H and O–H groups in total. The Labute approximate surface area is 183 Å². The maximum absolute atomic E-state index is 13.4. The number of hydrogen-bond donors (Lipinski definition) is 0. The van der Waals surface area contributed by atoms with E-state index >= 15 is 0 Å². The van der Waals surface area contributed by atoms with Gasteiger partial charge in [0.25, 0.3) is 0 Å².